The maximum atomic E-state index is 11.4. The minimum absolute atomic E-state index is 0.106. The highest BCUT2D eigenvalue weighted by atomic mass is 79.9. The Bertz CT molecular complexity index is 403. The van der Waals surface area contributed by atoms with Crippen LogP contribution in [-0.4, -0.2) is 18.7 Å². The van der Waals surface area contributed by atoms with Crippen molar-refractivity contribution in [3.05, 3.63) is 33.8 Å². The molecule has 1 heterocycles. The minimum atomic E-state index is -0.222. The Balaban J connectivity index is 2.57. The van der Waals surface area contributed by atoms with E-state index in [1.165, 1.54) is 0 Å². The van der Waals surface area contributed by atoms with E-state index in [9.17, 15) is 9.59 Å². The molecule has 2 rings (SSSR count). The molecule has 14 heavy (non-hydrogen) atoms. The summed E-state index contributed by atoms with van der Waals surface area (Å²) < 4.78 is 0.887. The molecular formula is C10H8BrNO2. The smallest absolute Gasteiger partial charge is 0.251 e. The Labute approximate surface area is 89.6 Å². The normalized spacial score (nSPS) is 19.8. The summed E-state index contributed by atoms with van der Waals surface area (Å²) >= 11 is 3.32. The number of fused-ring (bicyclic) bond motifs is 1. The highest BCUT2D eigenvalue weighted by Crippen LogP contribution is 2.25. The van der Waals surface area contributed by atoms with Gasteiger partial charge in [-0.1, -0.05) is 15.9 Å². The summed E-state index contributed by atoms with van der Waals surface area (Å²) in [5.74, 6) is -0.328. The van der Waals surface area contributed by atoms with Gasteiger partial charge in [0.05, 0.1) is 5.92 Å². The lowest BCUT2D eigenvalue weighted by Crippen LogP contribution is -2.35. The maximum absolute atomic E-state index is 11.4. The first-order valence-corrected chi connectivity index (χ1v) is 5.04. The van der Waals surface area contributed by atoms with Gasteiger partial charge in [-0.3, -0.25) is 4.79 Å². The number of aldehydes is 1. The van der Waals surface area contributed by atoms with Crippen molar-refractivity contribution in [3.8, 4) is 0 Å². The third-order valence-corrected chi connectivity index (χ3v) is 2.80. The molecular weight excluding hydrogens is 246 g/mol. The van der Waals surface area contributed by atoms with Gasteiger partial charge in [-0.05, 0) is 23.8 Å². The molecule has 0 radical (unpaired) electrons. The molecule has 0 aliphatic carbocycles. The number of benzene rings is 1. The Morgan fingerprint density at radius 1 is 1.50 bits per heavy atom. The first kappa shape index (κ1) is 9.40. The average Bonchev–Trinajstić information content (AvgIpc) is 2.18. The number of carbonyl (C=O) groups excluding carboxylic acids is 2. The highest BCUT2D eigenvalue weighted by Gasteiger charge is 2.24. The summed E-state index contributed by atoms with van der Waals surface area (Å²) in [6, 6.07) is 5.35. The molecule has 1 unspecified atom stereocenters. The van der Waals surface area contributed by atoms with Gasteiger partial charge in [-0.25, -0.2) is 0 Å². The number of nitrogens with one attached hydrogen (secondary N) is 1. The van der Waals surface area contributed by atoms with Crippen molar-refractivity contribution in [2.75, 3.05) is 6.54 Å². The van der Waals surface area contributed by atoms with E-state index in [1.54, 1.807) is 12.1 Å². The summed E-state index contributed by atoms with van der Waals surface area (Å²) in [5, 5.41) is 2.67. The van der Waals surface area contributed by atoms with Crippen molar-refractivity contribution in [1.82, 2.24) is 5.32 Å². The zero-order valence-corrected chi connectivity index (χ0v) is 8.87. The molecule has 4 heteroatoms. The fourth-order valence-corrected chi connectivity index (χ4v) is 1.96. The van der Waals surface area contributed by atoms with Gasteiger partial charge >= 0.3 is 0 Å². The molecule has 1 aliphatic heterocycles. The fourth-order valence-electron chi connectivity index (χ4n) is 1.58. The summed E-state index contributed by atoms with van der Waals surface area (Å²) in [6.07, 6.45) is 0.866. The molecule has 3 nitrogen and oxygen atoms in total. The second-order valence-electron chi connectivity index (χ2n) is 3.18. The molecule has 1 aromatic carbocycles. The second kappa shape index (κ2) is 3.53. The number of halogens is 1. The van der Waals surface area contributed by atoms with E-state index in [-0.39, 0.29) is 11.8 Å². The van der Waals surface area contributed by atoms with Crippen LogP contribution in [0.25, 0.3) is 0 Å². The lowest BCUT2D eigenvalue weighted by molar-refractivity contribution is -0.109. The van der Waals surface area contributed by atoms with Gasteiger partial charge in [-0.15, -0.1) is 0 Å². The Morgan fingerprint density at radius 2 is 2.29 bits per heavy atom. The fraction of sp³-hybridized carbons (Fsp3) is 0.200. The Hall–Kier alpha value is -1.16. The lowest BCUT2D eigenvalue weighted by atomic mass is 9.92. The van der Waals surface area contributed by atoms with E-state index in [0.717, 1.165) is 16.3 Å². The van der Waals surface area contributed by atoms with Gasteiger partial charge < -0.3 is 10.1 Å². The predicted octanol–water partition coefficient (Wildman–Crippen LogP) is 1.48. The highest BCUT2D eigenvalue weighted by molar-refractivity contribution is 9.10. The SMILES string of the molecule is O=CC1CNC(=O)c2ccc(Br)cc21. The van der Waals surface area contributed by atoms with E-state index < -0.39 is 0 Å². The van der Waals surface area contributed by atoms with E-state index in [2.05, 4.69) is 21.2 Å². The molecule has 1 N–H and O–H groups in total. The molecule has 0 spiro atoms. The minimum Gasteiger partial charge on any atom is -0.351 e. The topological polar surface area (TPSA) is 46.2 Å². The predicted molar refractivity (Wildman–Crippen MR) is 55.3 cm³/mol. The first-order chi connectivity index (χ1) is 6.72. The van der Waals surface area contributed by atoms with E-state index >= 15 is 0 Å². The number of hydrogen-bond acceptors (Lipinski definition) is 2. The molecule has 72 valence electrons. The monoisotopic (exact) mass is 253 g/mol. The van der Waals surface area contributed by atoms with Gasteiger partial charge in [0.15, 0.2) is 0 Å². The van der Waals surface area contributed by atoms with Crippen molar-refractivity contribution in [2.45, 2.75) is 5.92 Å². The van der Waals surface area contributed by atoms with E-state index in [1.807, 2.05) is 6.07 Å². The second-order valence-corrected chi connectivity index (χ2v) is 4.10. The number of amides is 1. The molecule has 0 fully saturated rings. The van der Waals surface area contributed by atoms with Crippen LogP contribution in [0.2, 0.25) is 0 Å². The third kappa shape index (κ3) is 1.46. The summed E-state index contributed by atoms with van der Waals surface area (Å²) in [4.78, 5) is 22.2. The maximum Gasteiger partial charge on any atom is 0.251 e. The largest absolute Gasteiger partial charge is 0.351 e. The number of rotatable bonds is 1. The van der Waals surface area contributed by atoms with Gasteiger partial charge in [0.1, 0.15) is 6.29 Å². The van der Waals surface area contributed by atoms with Crippen LogP contribution in [0.4, 0.5) is 0 Å². The lowest BCUT2D eigenvalue weighted by Gasteiger charge is -2.21. The quantitative estimate of drug-likeness (QED) is 0.771. The summed E-state index contributed by atoms with van der Waals surface area (Å²) in [6.45, 7) is 0.395. The molecule has 1 atom stereocenters. The van der Waals surface area contributed by atoms with Crippen molar-refractivity contribution in [3.63, 3.8) is 0 Å². The first-order valence-electron chi connectivity index (χ1n) is 4.25. The average molecular weight is 254 g/mol. The number of carbonyl (C=O) groups is 2. The van der Waals surface area contributed by atoms with Gasteiger partial charge in [0.2, 0.25) is 0 Å². The number of hydrogen-bond donors (Lipinski definition) is 1. The van der Waals surface area contributed by atoms with Crippen molar-refractivity contribution in [1.29, 1.82) is 0 Å². The molecule has 1 aliphatic rings. The third-order valence-electron chi connectivity index (χ3n) is 2.30. The molecule has 1 aromatic rings. The molecule has 0 saturated heterocycles. The van der Waals surface area contributed by atoms with Gasteiger partial charge in [0, 0.05) is 16.6 Å². The van der Waals surface area contributed by atoms with Crippen molar-refractivity contribution >= 4 is 28.1 Å². The van der Waals surface area contributed by atoms with Crippen LogP contribution >= 0.6 is 15.9 Å². The standard InChI is InChI=1S/C10H8BrNO2/c11-7-1-2-8-9(3-7)6(5-13)4-12-10(8)14/h1-3,5-6H,4H2,(H,12,14). The molecule has 0 aromatic heterocycles. The van der Waals surface area contributed by atoms with Crippen molar-refractivity contribution in [2.24, 2.45) is 0 Å². The Kier molecular flexibility index (Phi) is 2.37. The molecule has 1 amide bonds. The van der Waals surface area contributed by atoms with Gasteiger partial charge in [0.25, 0.3) is 5.91 Å². The van der Waals surface area contributed by atoms with Crippen LogP contribution in [-0.2, 0) is 4.79 Å². The van der Waals surface area contributed by atoms with E-state index in [0.29, 0.717) is 12.1 Å². The molecule has 0 bridgehead atoms. The van der Waals surface area contributed by atoms with Crippen LogP contribution in [0.5, 0.6) is 0 Å². The van der Waals surface area contributed by atoms with Crippen LogP contribution in [0, 0.1) is 0 Å². The van der Waals surface area contributed by atoms with Crippen molar-refractivity contribution < 1.29 is 9.59 Å². The van der Waals surface area contributed by atoms with Crippen LogP contribution < -0.4 is 5.32 Å². The summed E-state index contributed by atoms with van der Waals surface area (Å²) in [5.41, 5.74) is 1.40. The zero-order chi connectivity index (χ0) is 10.1. The van der Waals surface area contributed by atoms with Crippen LogP contribution in [0.15, 0.2) is 22.7 Å². The zero-order valence-electron chi connectivity index (χ0n) is 7.29. The van der Waals surface area contributed by atoms with Gasteiger partial charge in [-0.2, -0.15) is 0 Å². The van der Waals surface area contributed by atoms with Crippen LogP contribution in [0.1, 0.15) is 21.8 Å². The van der Waals surface area contributed by atoms with E-state index in [4.69, 9.17) is 0 Å². The summed E-state index contributed by atoms with van der Waals surface area (Å²) in [7, 11) is 0. The Morgan fingerprint density at radius 3 is 3.00 bits per heavy atom. The van der Waals surface area contributed by atoms with Crippen LogP contribution in [0.3, 0.4) is 0 Å². The molecule has 0 saturated carbocycles.